The summed E-state index contributed by atoms with van der Waals surface area (Å²) in [7, 11) is 0. The number of carbonyl (C=O) groups is 4. The maximum atomic E-state index is 14.3. The number of amides is 3. The van der Waals surface area contributed by atoms with Gasteiger partial charge < -0.3 is 29.7 Å². The number of benzene rings is 2. The van der Waals surface area contributed by atoms with Crippen molar-refractivity contribution in [1.82, 2.24) is 10.2 Å². The van der Waals surface area contributed by atoms with Crippen LogP contribution in [0.3, 0.4) is 0 Å². The number of halogens is 1. The van der Waals surface area contributed by atoms with Gasteiger partial charge in [-0.25, -0.2) is 0 Å². The van der Waals surface area contributed by atoms with Crippen LogP contribution >= 0.6 is 11.6 Å². The van der Waals surface area contributed by atoms with Gasteiger partial charge in [0.1, 0.15) is 18.2 Å². The van der Waals surface area contributed by atoms with Crippen LogP contribution in [0.1, 0.15) is 24.4 Å². The summed E-state index contributed by atoms with van der Waals surface area (Å²) in [5.74, 6) is -3.79. The zero-order chi connectivity index (χ0) is 30.1. The molecule has 0 unspecified atom stereocenters. The van der Waals surface area contributed by atoms with Crippen molar-refractivity contribution in [3.05, 3.63) is 89.5 Å². The van der Waals surface area contributed by atoms with Gasteiger partial charge in [0.2, 0.25) is 11.8 Å². The minimum absolute atomic E-state index is 0.0786. The van der Waals surface area contributed by atoms with Crippen LogP contribution in [0.25, 0.3) is 0 Å². The Morgan fingerprint density at radius 1 is 1.00 bits per heavy atom. The van der Waals surface area contributed by atoms with Crippen molar-refractivity contribution in [2.75, 3.05) is 31.2 Å². The predicted octanol–water partition coefficient (Wildman–Crippen LogP) is 2.57. The number of allylic oxidation sites excluding steroid dienone is 1. The second-order valence-electron chi connectivity index (χ2n) is 11.0. The molecule has 0 aromatic heterocycles. The number of hydrogen-bond donors (Lipinski definition) is 2. The summed E-state index contributed by atoms with van der Waals surface area (Å²) in [4.78, 5) is 57.9. The average Bonchev–Trinajstić information content (AvgIpc) is 3.38. The number of rotatable bonds is 4. The van der Waals surface area contributed by atoms with Crippen LogP contribution in [-0.4, -0.2) is 77.7 Å². The van der Waals surface area contributed by atoms with Crippen molar-refractivity contribution >= 4 is 41.0 Å². The maximum Gasteiger partial charge on any atom is 0.306 e. The van der Waals surface area contributed by atoms with E-state index < -0.39 is 59.3 Å². The van der Waals surface area contributed by atoms with Gasteiger partial charge in [-0.1, -0.05) is 78.4 Å². The third-order valence-electron chi connectivity index (χ3n) is 8.55. The SMILES string of the molecule is O=C1CC/C=C\[C@H]2O[C@]34C=CCN(c5ccccc5Cl)C(=O)[C@H]3N(CCO)C(=O)[C@@H]4[C@H]2C(=O)N[C@H](c2ccccc2)CO1. The van der Waals surface area contributed by atoms with E-state index in [2.05, 4.69) is 5.32 Å². The van der Waals surface area contributed by atoms with Gasteiger partial charge in [-0.3, -0.25) is 19.2 Å². The number of nitrogens with zero attached hydrogens (tertiary/aromatic N) is 2. The molecule has 1 spiro atoms. The van der Waals surface area contributed by atoms with E-state index >= 15 is 0 Å². The molecule has 11 heteroatoms. The van der Waals surface area contributed by atoms with Crippen LogP contribution in [0.4, 0.5) is 5.69 Å². The largest absolute Gasteiger partial charge is 0.463 e. The van der Waals surface area contributed by atoms with E-state index in [0.717, 1.165) is 5.56 Å². The van der Waals surface area contributed by atoms with Crippen LogP contribution in [0, 0.1) is 11.8 Å². The van der Waals surface area contributed by atoms with Crippen LogP contribution in [0.5, 0.6) is 0 Å². The number of aliphatic hydroxyl groups is 1. The van der Waals surface area contributed by atoms with Gasteiger partial charge in [0.15, 0.2) is 0 Å². The first-order chi connectivity index (χ1) is 20.9. The van der Waals surface area contributed by atoms with Crippen LogP contribution in [0.2, 0.25) is 5.02 Å². The quantitative estimate of drug-likeness (QED) is 0.405. The van der Waals surface area contributed by atoms with Crippen molar-refractivity contribution in [3.8, 4) is 0 Å². The van der Waals surface area contributed by atoms with Crippen LogP contribution in [0.15, 0.2) is 78.9 Å². The fraction of sp³-hybridized carbons (Fsp3) is 0.375. The normalized spacial score (nSPS) is 31.6. The number of cyclic esters (lactones) is 1. The van der Waals surface area contributed by atoms with E-state index in [0.29, 0.717) is 17.1 Å². The highest BCUT2D eigenvalue weighted by atomic mass is 35.5. The van der Waals surface area contributed by atoms with Gasteiger partial charge >= 0.3 is 5.97 Å². The maximum absolute atomic E-state index is 14.3. The van der Waals surface area contributed by atoms with Crippen LogP contribution < -0.4 is 10.2 Å². The van der Waals surface area contributed by atoms with Crippen molar-refractivity contribution < 1.29 is 33.8 Å². The molecule has 0 bridgehead atoms. The number of fused-ring (bicyclic) bond motifs is 2. The highest BCUT2D eigenvalue weighted by Gasteiger charge is 2.71. The third-order valence-corrected chi connectivity index (χ3v) is 8.87. The number of para-hydroxylation sites is 1. The molecule has 4 heterocycles. The molecule has 2 saturated heterocycles. The molecule has 0 saturated carbocycles. The van der Waals surface area contributed by atoms with E-state index in [-0.39, 0.29) is 32.7 Å². The summed E-state index contributed by atoms with van der Waals surface area (Å²) in [6.45, 7) is -0.399. The Morgan fingerprint density at radius 2 is 1.77 bits per heavy atom. The predicted molar refractivity (Wildman–Crippen MR) is 157 cm³/mol. The molecule has 0 radical (unpaired) electrons. The molecule has 2 aromatic carbocycles. The fourth-order valence-electron chi connectivity index (χ4n) is 6.67. The van der Waals surface area contributed by atoms with Gasteiger partial charge in [-0.2, -0.15) is 0 Å². The number of ether oxygens (including phenoxy) is 2. The lowest BCUT2D eigenvalue weighted by atomic mass is 9.77. The smallest absolute Gasteiger partial charge is 0.306 e. The van der Waals surface area contributed by atoms with E-state index in [4.69, 9.17) is 21.1 Å². The average molecular weight is 606 g/mol. The molecule has 224 valence electrons. The van der Waals surface area contributed by atoms with Crippen molar-refractivity contribution in [1.29, 1.82) is 0 Å². The van der Waals surface area contributed by atoms with Crippen LogP contribution in [-0.2, 0) is 28.7 Å². The molecular weight excluding hydrogens is 574 g/mol. The Hall–Kier alpha value is -3.99. The second-order valence-corrected chi connectivity index (χ2v) is 11.4. The highest BCUT2D eigenvalue weighted by Crippen LogP contribution is 2.53. The topological polar surface area (TPSA) is 125 Å². The number of aliphatic hydroxyl groups excluding tert-OH is 1. The number of β-amino-alcohol motifs (C(OH)–C–C–N with tert-alkyl or cyclic N) is 1. The number of carbonyl (C=O) groups excluding carboxylic acids is 4. The summed E-state index contributed by atoms with van der Waals surface area (Å²) in [6.07, 6.45) is 6.55. The molecule has 0 aliphatic carbocycles. The molecule has 4 aliphatic rings. The summed E-state index contributed by atoms with van der Waals surface area (Å²) in [5.41, 5.74) is -0.266. The first-order valence-corrected chi connectivity index (χ1v) is 14.7. The number of esters is 1. The lowest BCUT2D eigenvalue weighted by Gasteiger charge is -2.35. The van der Waals surface area contributed by atoms with E-state index in [1.165, 1.54) is 9.80 Å². The number of nitrogens with one attached hydrogen (secondary N) is 1. The Labute approximate surface area is 253 Å². The van der Waals surface area contributed by atoms with Crippen molar-refractivity contribution in [2.24, 2.45) is 11.8 Å². The fourth-order valence-corrected chi connectivity index (χ4v) is 6.91. The van der Waals surface area contributed by atoms with E-state index in [1.54, 1.807) is 48.6 Å². The van der Waals surface area contributed by atoms with Crippen molar-refractivity contribution in [3.63, 3.8) is 0 Å². The molecule has 3 amide bonds. The summed E-state index contributed by atoms with van der Waals surface area (Å²) >= 11 is 6.48. The molecule has 4 aliphatic heterocycles. The minimum atomic E-state index is -1.48. The van der Waals surface area contributed by atoms with Gasteiger partial charge in [0.05, 0.1) is 41.3 Å². The van der Waals surface area contributed by atoms with E-state index in [1.807, 2.05) is 30.3 Å². The summed E-state index contributed by atoms with van der Waals surface area (Å²) in [6, 6.07) is 14.3. The molecule has 2 aromatic rings. The third kappa shape index (κ3) is 5.13. The summed E-state index contributed by atoms with van der Waals surface area (Å²) < 4.78 is 12.1. The molecule has 6 rings (SSSR count). The van der Waals surface area contributed by atoms with Crippen molar-refractivity contribution in [2.45, 2.75) is 36.6 Å². The number of hydrogen-bond acceptors (Lipinski definition) is 7. The van der Waals surface area contributed by atoms with Gasteiger partial charge in [-0.15, -0.1) is 0 Å². The lowest BCUT2D eigenvalue weighted by Crippen LogP contribution is -2.55. The van der Waals surface area contributed by atoms with Gasteiger partial charge in [0, 0.05) is 19.5 Å². The molecule has 2 N–H and O–H groups in total. The number of likely N-dealkylation sites (tertiary alicyclic amines) is 1. The first kappa shape index (κ1) is 29.1. The van der Waals surface area contributed by atoms with E-state index in [9.17, 15) is 24.3 Å². The summed E-state index contributed by atoms with van der Waals surface area (Å²) in [5, 5.41) is 13.3. The Bertz CT molecular complexity index is 1480. The zero-order valence-electron chi connectivity index (χ0n) is 23.3. The van der Waals surface area contributed by atoms with Gasteiger partial charge in [0.25, 0.3) is 5.91 Å². The first-order valence-electron chi connectivity index (χ1n) is 14.4. The minimum Gasteiger partial charge on any atom is -0.463 e. The molecular formula is C32H32ClN3O7. The highest BCUT2D eigenvalue weighted by molar-refractivity contribution is 6.34. The molecule has 10 nitrogen and oxygen atoms in total. The standard InChI is InChI=1S/C32H32ClN3O7/c33-21-11-4-5-12-23(21)35-16-8-15-32-27(30(40)36(17-18-37)28(32)31(35)41)26-24(43-32)13-6-7-14-25(38)42-19-22(34-29(26)39)20-9-2-1-3-10-20/h1-6,8-13,15,22,24,26-28,37H,7,14,16-19H2,(H,34,39)/b13-6-/t22-,24+,26-,27-,28+,32-/m0/s1. The zero-order valence-corrected chi connectivity index (χ0v) is 24.1. The monoisotopic (exact) mass is 605 g/mol. The molecule has 6 atom stereocenters. The molecule has 43 heavy (non-hydrogen) atoms. The second kappa shape index (κ2) is 11.9. The Morgan fingerprint density at radius 3 is 2.53 bits per heavy atom. The number of anilines is 1. The lowest BCUT2D eigenvalue weighted by molar-refractivity contribution is -0.146. The Kier molecular flexibility index (Phi) is 8.09. The van der Waals surface area contributed by atoms with Gasteiger partial charge in [-0.05, 0) is 24.1 Å². The molecule has 2 fully saturated rings. The Balaban J connectivity index is 1.43.